The standard InChI is InChI=1S/C57H100O6/c1-4-7-10-13-16-18-20-22-23-24-25-26-27-28-29-30-31-32-33-35-36-38-41-44-47-50-56(59)62-53-54(52-61-55(58)49-46-43-40-15-12-9-6-3)63-57(60)51-48-45-42-39-37-34-21-19-17-14-11-8-5-2/h8,11,17,19,24-25,34,37,42,45,54H,4-7,9-10,12-16,18,20-23,26-33,35-36,38-41,43-44,46-53H2,1-3H3/b11-8-,19-17-,25-24-,37-34-,45-42-. The highest BCUT2D eigenvalue weighted by molar-refractivity contribution is 5.71. The summed E-state index contributed by atoms with van der Waals surface area (Å²) < 4.78 is 16.6. The highest BCUT2D eigenvalue weighted by Crippen LogP contribution is 2.15. The van der Waals surface area contributed by atoms with Gasteiger partial charge in [-0.2, -0.15) is 0 Å². The summed E-state index contributed by atoms with van der Waals surface area (Å²) >= 11 is 0. The first kappa shape index (κ1) is 60.1. The Balaban J connectivity index is 4.16. The van der Waals surface area contributed by atoms with Crippen molar-refractivity contribution in [1.29, 1.82) is 0 Å². The Morgan fingerprint density at radius 2 is 0.651 bits per heavy atom. The molecule has 6 heteroatoms. The van der Waals surface area contributed by atoms with Crippen molar-refractivity contribution in [1.82, 2.24) is 0 Å². The van der Waals surface area contributed by atoms with E-state index in [2.05, 4.69) is 69.4 Å². The van der Waals surface area contributed by atoms with Gasteiger partial charge in [-0.3, -0.25) is 14.4 Å². The number of esters is 3. The average Bonchev–Trinajstić information content (AvgIpc) is 3.28. The van der Waals surface area contributed by atoms with E-state index in [1.807, 2.05) is 12.2 Å². The zero-order valence-electron chi connectivity index (χ0n) is 41.6. The topological polar surface area (TPSA) is 78.9 Å². The van der Waals surface area contributed by atoms with E-state index in [-0.39, 0.29) is 37.5 Å². The molecule has 63 heavy (non-hydrogen) atoms. The molecular weight excluding hydrogens is 781 g/mol. The molecule has 0 N–H and O–H groups in total. The maximum atomic E-state index is 12.7. The van der Waals surface area contributed by atoms with Crippen molar-refractivity contribution in [3.8, 4) is 0 Å². The largest absolute Gasteiger partial charge is 0.462 e. The summed E-state index contributed by atoms with van der Waals surface area (Å²) in [5.41, 5.74) is 0. The Bertz CT molecular complexity index is 1150. The Morgan fingerprint density at radius 1 is 0.333 bits per heavy atom. The molecule has 0 saturated carbocycles. The summed E-state index contributed by atoms with van der Waals surface area (Å²) in [4.78, 5) is 37.7. The Hall–Kier alpha value is -2.89. The van der Waals surface area contributed by atoms with E-state index in [1.165, 1.54) is 154 Å². The molecule has 0 aromatic heterocycles. The molecule has 0 fully saturated rings. The van der Waals surface area contributed by atoms with Crippen molar-refractivity contribution < 1.29 is 28.6 Å². The van der Waals surface area contributed by atoms with Gasteiger partial charge in [0.05, 0.1) is 0 Å². The minimum Gasteiger partial charge on any atom is -0.462 e. The number of ether oxygens (including phenoxy) is 3. The van der Waals surface area contributed by atoms with Crippen LogP contribution in [0.2, 0.25) is 0 Å². The van der Waals surface area contributed by atoms with Gasteiger partial charge in [-0.05, 0) is 70.6 Å². The molecule has 1 unspecified atom stereocenters. The number of allylic oxidation sites excluding steroid dienone is 10. The van der Waals surface area contributed by atoms with Gasteiger partial charge in [-0.1, -0.05) is 236 Å². The minimum absolute atomic E-state index is 0.101. The summed E-state index contributed by atoms with van der Waals surface area (Å²) in [5.74, 6) is -0.986. The Labute approximate surface area is 390 Å². The number of hydrogen-bond acceptors (Lipinski definition) is 6. The maximum Gasteiger partial charge on any atom is 0.306 e. The molecule has 0 aliphatic heterocycles. The van der Waals surface area contributed by atoms with E-state index in [9.17, 15) is 14.4 Å². The van der Waals surface area contributed by atoms with Crippen LogP contribution in [-0.2, 0) is 28.6 Å². The lowest BCUT2D eigenvalue weighted by Crippen LogP contribution is -2.30. The molecule has 0 rings (SSSR count). The number of carbonyl (C=O) groups excluding carboxylic acids is 3. The lowest BCUT2D eigenvalue weighted by molar-refractivity contribution is -0.166. The van der Waals surface area contributed by atoms with Crippen molar-refractivity contribution in [2.45, 2.75) is 271 Å². The Kier molecular flexibility index (Phi) is 49.4. The van der Waals surface area contributed by atoms with Crippen LogP contribution in [0.3, 0.4) is 0 Å². The second kappa shape index (κ2) is 51.7. The van der Waals surface area contributed by atoms with Gasteiger partial charge in [-0.25, -0.2) is 0 Å². The van der Waals surface area contributed by atoms with Crippen molar-refractivity contribution in [2.24, 2.45) is 0 Å². The van der Waals surface area contributed by atoms with E-state index in [4.69, 9.17) is 14.2 Å². The molecule has 0 bridgehead atoms. The molecule has 0 spiro atoms. The summed E-state index contributed by atoms with van der Waals surface area (Å²) in [5, 5.41) is 0. The first-order chi connectivity index (χ1) is 31.0. The first-order valence-electron chi connectivity index (χ1n) is 26.8. The van der Waals surface area contributed by atoms with Gasteiger partial charge in [-0.15, -0.1) is 0 Å². The maximum absolute atomic E-state index is 12.7. The summed E-state index contributed by atoms with van der Waals surface area (Å²) in [6.45, 7) is 6.43. The third-order valence-corrected chi connectivity index (χ3v) is 11.5. The molecule has 1 atom stereocenters. The van der Waals surface area contributed by atoms with Crippen molar-refractivity contribution in [3.05, 3.63) is 60.8 Å². The van der Waals surface area contributed by atoms with E-state index in [0.29, 0.717) is 19.3 Å². The SMILES string of the molecule is CC/C=C\C/C=C\C/C=C\C/C=C\CCC(=O)OC(COC(=O)CCCCCCCCC)COC(=O)CCCCCCCCCCCCCCC/C=C\CCCCCCCCCC. The van der Waals surface area contributed by atoms with Crippen LogP contribution in [0.1, 0.15) is 265 Å². The second-order valence-electron chi connectivity index (χ2n) is 17.8. The van der Waals surface area contributed by atoms with Crippen LogP contribution < -0.4 is 0 Å². The fourth-order valence-corrected chi connectivity index (χ4v) is 7.51. The highest BCUT2D eigenvalue weighted by Gasteiger charge is 2.19. The lowest BCUT2D eigenvalue weighted by Gasteiger charge is -2.18. The summed E-state index contributed by atoms with van der Waals surface area (Å²) in [7, 11) is 0. The summed E-state index contributed by atoms with van der Waals surface area (Å²) in [6, 6.07) is 0. The van der Waals surface area contributed by atoms with Crippen molar-refractivity contribution in [2.75, 3.05) is 13.2 Å². The molecule has 0 radical (unpaired) electrons. The smallest absolute Gasteiger partial charge is 0.306 e. The predicted molar refractivity (Wildman–Crippen MR) is 270 cm³/mol. The van der Waals surface area contributed by atoms with Gasteiger partial charge >= 0.3 is 17.9 Å². The van der Waals surface area contributed by atoms with Gasteiger partial charge in [0.2, 0.25) is 0 Å². The van der Waals surface area contributed by atoms with Gasteiger partial charge in [0.1, 0.15) is 13.2 Å². The van der Waals surface area contributed by atoms with Crippen molar-refractivity contribution >= 4 is 17.9 Å². The third kappa shape index (κ3) is 50.0. The fraction of sp³-hybridized carbons (Fsp3) is 0.772. The zero-order valence-corrected chi connectivity index (χ0v) is 41.6. The number of rotatable bonds is 48. The molecule has 0 saturated heterocycles. The van der Waals surface area contributed by atoms with Gasteiger partial charge in [0.25, 0.3) is 0 Å². The molecule has 0 amide bonds. The van der Waals surface area contributed by atoms with Crippen molar-refractivity contribution in [3.63, 3.8) is 0 Å². The lowest BCUT2D eigenvalue weighted by atomic mass is 10.0. The normalized spacial score (nSPS) is 12.5. The van der Waals surface area contributed by atoms with Crippen LogP contribution >= 0.6 is 0 Å². The zero-order chi connectivity index (χ0) is 45.8. The molecule has 0 aliphatic carbocycles. The molecule has 0 aromatic carbocycles. The van der Waals surface area contributed by atoms with Crippen LogP contribution in [0.5, 0.6) is 0 Å². The van der Waals surface area contributed by atoms with E-state index >= 15 is 0 Å². The average molecular weight is 881 g/mol. The first-order valence-corrected chi connectivity index (χ1v) is 26.8. The number of carbonyl (C=O) groups is 3. The van der Waals surface area contributed by atoms with Gasteiger partial charge < -0.3 is 14.2 Å². The van der Waals surface area contributed by atoms with E-state index in [0.717, 1.165) is 64.2 Å². The second-order valence-corrected chi connectivity index (χ2v) is 17.8. The molecule has 0 aromatic rings. The van der Waals surface area contributed by atoms with E-state index < -0.39 is 6.10 Å². The quantitative estimate of drug-likeness (QED) is 0.0262. The van der Waals surface area contributed by atoms with Gasteiger partial charge in [0, 0.05) is 19.3 Å². The molecule has 6 nitrogen and oxygen atoms in total. The van der Waals surface area contributed by atoms with Crippen LogP contribution in [-0.4, -0.2) is 37.2 Å². The molecule has 0 aliphatic rings. The monoisotopic (exact) mass is 881 g/mol. The van der Waals surface area contributed by atoms with Crippen LogP contribution in [0, 0.1) is 0 Å². The number of hydrogen-bond donors (Lipinski definition) is 0. The van der Waals surface area contributed by atoms with Gasteiger partial charge in [0.15, 0.2) is 6.10 Å². The van der Waals surface area contributed by atoms with E-state index in [1.54, 1.807) is 0 Å². The number of unbranched alkanes of at least 4 members (excludes halogenated alkanes) is 27. The minimum atomic E-state index is -0.807. The third-order valence-electron chi connectivity index (χ3n) is 11.5. The molecule has 0 heterocycles. The van der Waals surface area contributed by atoms with Crippen LogP contribution in [0.15, 0.2) is 60.8 Å². The van der Waals surface area contributed by atoms with Crippen LogP contribution in [0.25, 0.3) is 0 Å². The molecular formula is C57H100O6. The molecule has 364 valence electrons. The fourth-order valence-electron chi connectivity index (χ4n) is 7.51. The van der Waals surface area contributed by atoms with Crippen LogP contribution in [0.4, 0.5) is 0 Å². The summed E-state index contributed by atoms with van der Waals surface area (Å²) in [6.07, 6.45) is 64.0. The Morgan fingerprint density at radius 3 is 1.03 bits per heavy atom. The predicted octanol–water partition coefficient (Wildman–Crippen LogP) is 17.6. The highest BCUT2D eigenvalue weighted by atomic mass is 16.6.